The second-order valence-corrected chi connectivity index (χ2v) is 8.01. The summed E-state index contributed by atoms with van der Waals surface area (Å²) in [5, 5.41) is 28.6. The van der Waals surface area contributed by atoms with E-state index in [0.717, 1.165) is 12.1 Å². The van der Waals surface area contributed by atoms with Crippen LogP contribution in [0.25, 0.3) is 22.5 Å². The molecule has 5 aromatic rings. The highest BCUT2D eigenvalue weighted by Crippen LogP contribution is 2.36. The van der Waals surface area contributed by atoms with Gasteiger partial charge in [0.2, 0.25) is 29.1 Å². The van der Waals surface area contributed by atoms with Gasteiger partial charge in [-0.15, -0.1) is 0 Å². The zero-order valence-corrected chi connectivity index (χ0v) is 19.4. The molecule has 0 aliphatic heterocycles. The first-order chi connectivity index (χ1) is 17.8. The number of hydrogen-bond donors (Lipinski definition) is 3. The molecule has 0 saturated carbocycles. The molecule has 0 spiro atoms. The summed E-state index contributed by atoms with van der Waals surface area (Å²) in [4.78, 5) is 16.2. The van der Waals surface area contributed by atoms with E-state index in [1.807, 2.05) is 0 Å². The molecule has 3 aromatic heterocycles. The fourth-order valence-corrected chi connectivity index (χ4v) is 3.60. The van der Waals surface area contributed by atoms with Crippen molar-refractivity contribution in [2.75, 3.05) is 10.6 Å². The van der Waals surface area contributed by atoms with E-state index in [9.17, 15) is 14.3 Å². The minimum Gasteiger partial charge on any atom is -0.491 e. The van der Waals surface area contributed by atoms with Crippen LogP contribution in [0, 0.1) is 18.6 Å². The smallest absolute Gasteiger partial charge is 0.295 e. The maximum absolute atomic E-state index is 15.0. The number of halogens is 3. The van der Waals surface area contributed by atoms with Crippen LogP contribution in [0.5, 0.6) is 5.88 Å². The van der Waals surface area contributed by atoms with Crippen LogP contribution in [0.1, 0.15) is 22.0 Å². The van der Waals surface area contributed by atoms with Crippen molar-refractivity contribution in [1.82, 2.24) is 25.6 Å². The summed E-state index contributed by atoms with van der Waals surface area (Å²) < 4.78 is 44.1. The maximum atomic E-state index is 15.0. The third kappa shape index (κ3) is 4.95. The van der Waals surface area contributed by atoms with Crippen LogP contribution < -0.4 is 10.6 Å². The van der Waals surface area contributed by atoms with Gasteiger partial charge in [-0.05, 0) is 44.8 Å². The van der Waals surface area contributed by atoms with Crippen molar-refractivity contribution < 1.29 is 32.4 Å². The first kappa shape index (κ1) is 23.9. The van der Waals surface area contributed by atoms with Gasteiger partial charge in [-0.1, -0.05) is 28.9 Å². The van der Waals surface area contributed by atoms with Crippen molar-refractivity contribution in [2.24, 2.45) is 0 Å². The molecule has 15 heteroatoms. The molecule has 12 nitrogen and oxygen atoms in total. The molecule has 37 heavy (non-hydrogen) atoms. The van der Waals surface area contributed by atoms with Crippen molar-refractivity contribution >= 4 is 29.1 Å². The highest BCUT2D eigenvalue weighted by Gasteiger charge is 2.21. The third-order valence-corrected chi connectivity index (χ3v) is 5.28. The van der Waals surface area contributed by atoms with Crippen LogP contribution in [-0.2, 0) is 6.54 Å². The Kier molecular flexibility index (Phi) is 6.23. The zero-order valence-electron chi connectivity index (χ0n) is 18.6. The molecule has 0 aliphatic carbocycles. The fourth-order valence-electron chi connectivity index (χ4n) is 3.40. The largest absolute Gasteiger partial charge is 0.491 e. The first-order valence-corrected chi connectivity index (χ1v) is 10.8. The molecular weight excluding hydrogens is 516 g/mol. The molecule has 188 valence electrons. The molecule has 2 aromatic carbocycles. The van der Waals surface area contributed by atoms with Gasteiger partial charge in [-0.2, -0.15) is 4.98 Å². The molecular formula is C22H14ClF2N7O5. The SMILES string of the molecule is Cc1nc(-c2c(F)cc(Cl)cc2-c2ccc(CNc3nonc3NC(=O)c3cc(O)no3)c(F)c2)no1. The van der Waals surface area contributed by atoms with Gasteiger partial charge in [0, 0.05) is 24.1 Å². The molecule has 0 bridgehead atoms. The van der Waals surface area contributed by atoms with E-state index >= 15 is 4.39 Å². The predicted molar refractivity (Wildman–Crippen MR) is 123 cm³/mol. The highest BCUT2D eigenvalue weighted by atomic mass is 35.5. The molecule has 0 fully saturated rings. The predicted octanol–water partition coefficient (Wildman–Crippen LogP) is 4.58. The molecule has 0 saturated heterocycles. The third-order valence-electron chi connectivity index (χ3n) is 5.06. The molecule has 0 aliphatic rings. The maximum Gasteiger partial charge on any atom is 0.295 e. The van der Waals surface area contributed by atoms with Gasteiger partial charge in [-0.3, -0.25) is 10.1 Å². The summed E-state index contributed by atoms with van der Waals surface area (Å²) in [5.74, 6) is -2.70. The number of aromatic nitrogens is 5. The number of benzene rings is 2. The summed E-state index contributed by atoms with van der Waals surface area (Å²) in [5.41, 5.74) is 0.823. The van der Waals surface area contributed by atoms with E-state index in [0.29, 0.717) is 5.56 Å². The number of aryl methyl sites for hydroxylation is 1. The molecule has 5 rings (SSSR count). The van der Waals surface area contributed by atoms with Crippen molar-refractivity contribution in [3.05, 3.63) is 70.3 Å². The Balaban J connectivity index is 1.36. The Bertz CT molecular complexity index is 1620. The van der Waals surface area contributed by atoms with Crippen molar-refractivity contribution in [1.29, 1.82) is 0 Å². The Labute approximate surface area is 210 Å². The molecule has 0 radical (unpaired) electrons. The molecule has 0 unspecified atom stereocenters. The van der Waals surface area contributed by atoms with Gasteiger partial charge in [0.1, 0.15) is 11.6 Å². The van der Waals surface area contributed by atoms with Crippen LogP contribution in [0.4, 0.5) is 20.4 Å². The number of nitrogens with one attached hydrogen (secondary N) is 2. The zero-order chi connectivity index (χ0) is 26.1. The summed E-state index contributed by atoms with van der Waals surface area (Å²) in [6.45, 7) is 1.48. The van der Waals surface area contributed by atoms with Crippen LogP contribution in [0.15, 0.2) is 50.1 Å². The van der Waals surface area contributed by atoms with Crippen molar-refractivity contribution in [3.63, 3.8) is 0 Å². The summed E-state index contributed by atoms with van der Waals surface area (Å²) >= 11 is 6.05. The van der Waals surface area contributed by atoms with E-state index in [1.54, 1.807) is 13.0 Å². The van der Waals surface area contributed by atoms with Crippen LogP contribution >= 0.6 is 11.6 Å². The average molecular weight is 530 g/mol. The summed E-state index contributed by atoms with van der Waals surface area (Å²) in [7, 11) is 0. The lowest BCUT2D eigenvalue weighted by Crippen LogP contribution is -2.13. The minimum atomic E-state index is -0.775. The summed E-state index contributed by atoms with van der Waals surface area (Å²) in [6, 6.07) is 7.84. The van der Waals surface area contributed by atoms with Crippen LogP contribution in [0.2, 0.25) is 5.02 Å². The van der Waals surface area contributed by atoms with Gasteiger partial charge < -0.3 is 19.5 Å². The lowest BCUT2D eigenvalue weighted by Gasteiger charge is -2.11. The number of rotatable bonds is 7. The van der Waals surface area contributed by atoms with Crippen molar-refractivity contribution in [2.45, 2.75) is 13.5 Å². The molecule has 1 amide bonds. The van der Waals surface area contributed by atoms with E-state index in [2.05, 4.69) is 45.4 Å². The van der Waals surface area contributed by atoms with Crippen molar-refractivity contribution in [3.8, 4) is 28.4 Å². The number of nitrogens with zero attached hydrogens (tertiary/aromatic N) is 5. The quantitative estimate of drug-likeness (QED) is 0.270. The lowest BCUT2D eigenvalue weighted by atomic mass is 9.97. The summed E-state index contributed by atoms with van der Waals surface area (Å²) in [6.07, 6.45) is 0. The van der Waals surface area contributed by atoms with Crippen LogP contribution in [0.3, 0.4) is 0 Å². The number of carbonyl (C=O) groups excluding carboxylic acids is 1. The van der Waals surface area contributed by atoms with E-state index in [1.165, 1.54) is 18.2 Å². The number of aromatic hydroxyl groups is 1. The van der Waals surface area contributed by atoms with E-state index in [-0.39, 0.29) is 57.4 Å². The van der Waals surface area contributed by atoms with Gasteiger partial charge in [0.25, 0.3) is 11.8 Å². The fraction of sp³-hybridized carbons (Fsp3) is 0.0909. The number of carbonyl (C=O) groups is 1. The number of amides is 1. The number of hydrogen-bond acceptors (Lipinski definition) is 11. The van der Waals surface area contributed by atoms with Crippen LogP contribution in [-0.4, -0.2) is 36.6 Å². The standard InChI is InChI=1S/C22H14ClF2N7O5/c1-9-27-19(30-35-9)18-13(5-12(23)6-15(18)25)10-2-3-11(14(24)4-10)8-26-20-21(32-37-31-20)28-22(34)16-7-17(33)29-36-16/h2-7H,8H2,1H3,(H,26,31)(H,29,33)(H,28,32,34). The molecule has 3 heterocycles. The Morgan fingerprint density at radius 1 is 1.03 bits per heavy atom. The topological polar surface area (TPSA) is 165 Å². The average Bonchev–Trinajstić information content (AvgIpc) is 3.59. The Morgan fingerprint density at radius 2 is 1.84 bits per heavy atom. The highest BCUT2D eigenvalue weighted by molar-refractivity contribution is 6.31. The van der Waals surface area contributed by atoms with Gasteiger partial charge >= 0.3 is 0 Å². The Hall–Kier alpha value is -4.85. The number of anilines is 2. The molecule has 3 N–H and O–H groups in total. The molecule has 0 atom stereocenters. The first-order valence-electron chi connectivity index (χ1n) is 10.4. The van der Waals surface area contributed by atoms with Gasteiger partial charge in [0.15, 0.2) is 0 Å². The van der Waals surface area contributed by atoms with E-state index in [4.69, 9.17) is 16.1 Å². The minimum absolute atomic E-state index is 0.00136. The Morgan fingerprint density at radius 3 is 2.54 bits per heavy atom. The van der Waals surface area contributed by atoms with E-state index < -0.39 is 23.4 Å². The van der Waals surface area contributed by atoms with Gasteiger partial charge in [0.05, 0.1) is 11.6 Å². The second-order valence-electron chi connectivity index (χ2n) is 7.57. The normalized spacial score (nSPS) is 11.0. The lowest BCUT2D eigenvalue weighted by molar-refractivity contribution is 0.0986. The second kappa shape index (κ2) is 9.66. The monoisotopic (exact) mass is 529 g/mol. The van der Waals surface area contributed by atoms with Gasteiger partial charge in [-0.25, -0.2) is 13.4 Å².